The summed E-state index contributed by atoms with van der Waals surface area (Å²) in [5, 5.41) is 3.58. The molecular weight excluding hydrogens is 321 g/mol. The van der Waals surface area contributed by atoms with Gasteiger partial charge in [0.25, 0.3) is 0 Å². The number of hydrogen-bond acceptors (Lipinski definition) is 1. The predicted octanol–water partition coefficient (Wildman–Crippen LogP) is 4.25. The Balaban J connectivity index is 2.33. The summed E-state index contributed by atoms with van der Waals surface area (Å²) >= 11 is 2.35. The van der Waals surface area contributed by atoms with Gasteiger partial charge in [-0.15, -0.1) is 0 Å². The molecule has 0 saturated carbocycles. The van der Waals surface area contributed by atoms with Crippen molar-refractivity contribution in [3.63, 3.8) is 0 Å². The van der Waals surface area contributed by atoms with Gasteiger partial charge >= 0.3 is 0 Å². The number of hydrogen-bond donors (Lipinski definition) is 1. The maximum Gasteiger partial charge on any atom is 0.0130 e. The molecule has 1 unspecified atom stereocenters. The van der Waals surface area contributed by atoms with E-state index >= 15 is 0 Å². The molecular formula is C15H24IN. The fourth-order valence-corrected chi connectivity index (χ4v) is 2.47. The van der Waals surface area contributed by atoms with Gasteiger partial charge in [-0.3, -0.25) is 0 Å². The largest absolute Gasteiger partial charge is 0.314 e. The van der Waals surface area contributed by atoms with Crippen molar-refractivity contribution in [2.45, 2.75) is 46.1 Å². The van der Waals surface area contributed by atoms with Crippen LogP contribution < -0.4 is 5.32 Å². The number of nitrogens with one attached hydrogen (secondary N) is 1. The summed E-state index contributed by atoms with van der Waals surface area (Å²) in [6, 6.07) is 9.56. The van der Waals surface area contributed by atoms with E-state index < -0.39 is 0 Å². The second-order valence-electron chi connectivity index (χ2n) is 4.93. The van der Waals surface area contributed by atoms with Crippen LogP contribution in [0.4, 0.5) is 0 Å². The van der Waals surface area contributed by atoms with Gasteiger partial charge in [0.15, 0.2) is 0 Å². The molecule has 96 valence electrons. The number of benzene rings is 1. The summed E-state index contributed by atoms with van der Waals surface area (Å²) in [7, 11) is 0. The van der Waals surface area contributed by atoms with Crippen LogP contribution in [0.5, 0.6) is 0 Å². The lowest BCUT2D eigenvalue weighted by Crippen LogP contribution is -2.33. The van der Waals surface area contributed by atoms with Crippen LogP contribution in [0.15, 0.2) is 24.3 Å². The van der Waals surface area contributed by atoms with Crippen LogP contribution in [0.1, 0.15) is 39.2 Å². The van der Waals surface area contributed by atoms with Crippen molar-refractivity contribution < 1.29 is 0 Å². The molecule has 0 aliphatic rings. The molecule has 0 spiro atoms. The zero-order valence-corrected chi connectivity index (χ0v) is 13.3. The lowest BCUT2D eigenvalue weighted by molar-refractivity contribution is 0.377. The molecule has 1 N–H and O–H groups in total. The van der Waals surface area contributed by atoms with Gasteiger partial charge in [0, 0.05) is 9.61 Å². The minimum absolute atomic E-state index is 0.670. The molecule has 0 fully saturated rings. The van der Waals surface area contributed by atoms with Gasteiger partial charge in [-0.05, 0) is 72.0 Å². The van der Waals surface area contributed by atoms with E-state index in [4.69, 9.17) is 0 Å². The van der Waals surface area contributed by atoms with Crippen molar-refractivity contribution in [1.29, 1.82) is 0 Å². The Kier molecular flexibility index (Phi) is 7.12. The zero-order chi connectivity index (χ0) is 12.7. The summed E-state index contributed by atoms with van der Waals surface area (Å²) < 4.78 is 1.32. The first-order valence-electron chi connectivity index (χ1n) is 6.61. The first-order valence-corrected chi connectivity index (χ1v) is 7.69. The number of halogens is 1. The maximum atomic E-state index is 3.58. The maximum absolute atomic E-state index is 3.58. The van der Waals surface area contributed by atoms with E-state index in [9.17, 15) is 0 Å². The highest BCUT2D eigenvalue weighted by Crippen LogP contribution is 2.13. The molecule has 2 heteroatoms. The van der Waals surface area contributed by atoms with E-state index in [1.165, 1.54) is 28.4 Å². The third kappa shape index (κ3) is 5.87. The Morgan fingerprint density at radius 2 is 1.82 bits per heavy atom. The van der Waals surface area contributed by atoms with Gasteiger partial charge in [0.05, 0.1) is 0 Å². The third-order valence-electron chi connectivity index (χ3n) is 3.16. The lowest BCUT2D eigenvalue weighted by atomic mass is 9.97. The van der Waals surface area contributed by atoms with Crippen LogP contribution in [0.2, 0.25) is 0 Å². The minimum atomic E-state index is 0.670. The van der Waals surface area contributed by atoms with Gasteiger partial charge in [0.2, 0.25) is 0 Å². The molecule has 0 bridgehead atoms. The summed E-state index contributed by atoms with van der Waals surface area (Å²) in [5.41, 5.74) is 1.46. The molecule has 0 radical (unpaired) electrons. The average molecular weight is 345 g/mol. The van der Waals surface area contributed by atoms with Crippen LogP contribution in [0.3, 0.4) is 0 Å². The van der Waals surface area contributed by atoms with Crippen molar-refractivity contribution in [1.82, 2.24) is 5.32 Å². The van der Waals surface area contributed by atoms with Crippen molar-refractivity contribution in [3.05, 3.63) is 33.4 Å². The number of rotatable bonds is 7. The van der Waals surface area contributed by atoms with Crippen LogP contribution in [-0.2, 0) is 6.42 Å². The number of aryl methyl sites for hydroxylation is 1. The Hall–Kier alpha value is -0.0900. The van der Waals surface area contributed by atoms with Crippen LogP contribution in [0.25, 0.3) is 0 Å². The average Bonchev–Trinajstić information content (AvgIpc) is 2.30. The monoisotopic (exact) mass is 345 g/mol. The standard InChI is InChI=1S/C15H24IN/c1-4-17-15(12(2)3)7-5-6-13-8-10-14(16)11-9-13/h8-12,15,17H,4-7H2,1-3H3. The van der Waals surface area contributed by atoms with Crippen LogP contribution >= 0.6 is 22.6 Å². The Morgan fingerprint density at radius 1 is 1.18 bits per heavy atom. The molecule has 0 aromatic heterocycles. The highest BCUT2D eigenvalue weighted by molar-refractivity contribution is 14.1. The predicted molar refractivity (Wildman–Crippen MR) is 84.4 cm³/mol. The molecule has 0 aliphatic carbocycles. The van der Waals surface area contributed by atoms with Gasteiger partial charge in [-0.1, -0.05) is 32.9 Å². The van der Waals surface area contributed by atoms with E-state index in [-0.39, 0.29) is 0 Å². The first-order chi connectivity index (χ1) is 8.13. The fraction of sp³-hybridized carbons (Fsp3) is 0.600. The molecule has 0 amide bonds. The molecule has 0 saturated heterocycles. The second-order valence-corrected chi connectivity index (χ2v) is 6.17. The molecule has 1 nitrogen and oxygen atoms in total. The zero-order valence-electron chi connectivity index (χ0n) is 11.2. The van der Waals surface area contributed by atoms with Crippen LogP contribution in [-0.4, -0.2) is 12.6 Å². The quantitative estimate of drug-likeness (QED) is 0.729. The van der Waals surface area contributed by atoms with Gasteiger partial charge in [-0.25, -0.2) is 0 Å². The van der Waals surface area contributed by atoms with Crippen molar-refractivity contribution in [2.75, 3.05) is 6.54 Å². The highest BCUT2D eigenvalue weighted by atomic mass is 127. The van der Waals surface area contributed by atoms with Crippen LogP contribution in [0, 0.1) is 9.49 Å². The van der Waals surface area contributed by atoms with Gasteiger partial charge in [-0.2, -0.15) is 0 Å². The summed E-state index contributed by atoms with van der Waals surface area (Å²) in [4.78, 5) is 0. The van der Waals surface area contributed by atoms with Crippen molar-refractivity contribution in [3.8, 4) is 0 Å². The highest BCUT2D eigenvalue weighted by Gasteiger charge is 2.10. The summed E-state index contributed by atoms with van der Waals surface area (Å²) in [5.74, 6) is 0.728. The van der Waals surface area contributed by atoms with Crippen molar-refractivity contribution >= 4 is 22.6 Å². The molecule has 1 atom stereocenters. The summed E-state index contributed by atoms with van der Waals surface area (Å²) in [6.07, 6.45) is 3.75. The minimum Gasteiger partial charge on any atom is -0.314 e. The summed E-state index contributed by atoms with van der Waals surface area (Å²) in [6.45, 7) is 7.87. The SMILES string of the molecule is CCNC(CCCc1ccc(I)cc1)C(C)C. The van der Waals surface area contributed by atoms with E-state index in [0.717, 1.165) is 12.5 Å². The molecule has 0 aliphatic heterocycles. The lowest BCUT2D eigenvalue weighted by Gasteiger charge is -2.21. The van der Waals surface area contributed by atoms with E-state index in [1.54, 1.807) is 0 Å². The second kappa shape index (κ2) is 8.09. The van der Waals surface area contributed by atoms with Crippen molar-refractivity contribution in [2.24, 2.45) is 5.92 Å². The van der Waals surface area contributed by atoms with E-state index in [2.05, 4.69) is 72.9 Å². The third-order valence-corrected chi connectivity index (χ3v) is 3.88. The van der Waals surface area contributed by atoms with E-state index in [1.807, 2.05) is 0 Å². The topological polar surface area (TPSA) is 12.0 Å². The fourth-order valence-electron chi connectivity index (χ4n) is 2.11. The first kappa shape index (κ1) is 15.0. The Morgan fingerprint density at radius 3 is 2.35 bits per heavy atom. The smallest absolute Gasteiger partial charge is 0.0130 e. The van der Waals surface area contributed by atoms with Gasteiger partial charge in [0.1, 0.15) is 0 Å². The van der Waals surface area contributed by atoms with Gasteiger partial charge < -0.3 is 5.32 Å². The molecule has 1 aromatic carbocycles. The molecule has 1 rings (SSSR count). The molecule has 1 aromatic rings. The molecule has 0 heterocycles. The molecule has 17 heavy (non-hydrogen) atoms. The van der Waals surface area contributed by atoms with E-state index in [0.29, 0.717) is 6.04 Å². The normalized spacial score (nSPS) is 13.0. The Bertz CT molecular complexity index is 305. The Labute approximate surface area is 120 Å².